The van der Waals surface area contributed by atoms with Crippen molar-refractivity contribution >= 4 is 44.9 Å². The van der Waals surface area contributed by atoms with Crippen molar-refractivity contribution in [2.75, 3.05) is 10.5 Å². The van der Waals surface area contributed by atoms with E-state index >= 15 is 0 Å². The molecule has 0 atom stereocenters. The molecule has 1 aromatic rings. The van der Waals surface area contributed by atoms with Gasteiger partial charge in [-0.2, -0.15) is 0 Å². The van der Waals surface area contributed by atoms with Crippen molar-refractivity contribution in [3.63, 3.8) is 0 Å². The van der Waals surface area contributed by atoms with Gasteiger partial charge < -0.3 is 5.11 Å². The van der Waals surface area contributed by atoms with Crippen LogP contribution in [0.25, 0.3) is 0 Å². The average Bonchev–Trinajstić information content (AvgIpc) is 2.09. The first-order chi connectivity index (χ1) is 7.71. The Balaban J connectivity index is 3.08. The molecule has 2 N–H and O–H groups in total. The highest BCUT2D eigenvalue weighted by Crippen LogP contribution is 2.32. The van der Waals surface area contributed by atoms with Gasteiger partial charge in [-0.15, -0.1) is 0 Å². The van der Waals surface area contributed by atoms with E-state index in [4.69, 9.17) is 28.3 Å². The van der Waals surface area contributed by atoms with E-state index in [-0.39, 0.29) is 15.7 Å². The number of hydrogen-bond donors (Lipinski definition) is 2. The van der Waals surface area contributed by atoms with Gasteiger partial charge in [0.15, 0.2) is 5.75 Å². The van der Waals surface area contributed by atoms with Crippen LogP contribution < -0.4 is 4.72 Å². The summed E-state index contributed by atoms with van der Waals surface area (Å²) in [6.07, 6.45) is 0. The number of anilines is 1. The van der Waals surface area contributed by atoms with Gasteiger partial charge >= 0.3 is 5.97 Å². The lowest BCUT2D eigenvalue weighted by Gasteiger charge is -2.09. The Kier molecular flexibility index (Phi) is 4.18. The monoisotopic (exact) mass is 301 g/mol. The smallest absolute Gasteiger partial charge is 0.320 e. The summed E-state index contributed by atoms with van der Waals surface area (Å²) in [5, 5.41) is 7.84. The molecule has 94 valence electrons. The highest BCUT2D eigenvalue weighted by Gasteiger charge is 2.19. The lowest BCUT2D eigenvalue weighted by molar-refractivity contribution is -0.134. The van der Waals surface area contributed by atoms with Gasteiger partial charge in [0.2, 0.25) is 10.0 Å². The maximum absolute atomic E-state index is 12.8. The van der Waals surface area contributed by atoms with Crippen LogP contribution in [0.5, 0.6) is 0 Å². The normalized spacial score (nSPS) is 11.2. The molecule has 0 saturated carbocycles. The molecule has 9 heteroatoms. The first kappa shape index (κ1) is 14.0. The quantitative estimate of drug-likeness (QED) is 0.890. The molecule has 0 aliphatic carbocycles. The van der Waals surface area contributed by atoms with Gasteiger partial charge in [-0.25, -0.2) is 12.8 Å². The van der Waals surface area contributed by atoms with Gasteiger partial charge in [-0.3, -0.25) is 9.52 Å². The van der Waals surface area contributed by atoms with Crippen LogP contribution in [0, 0.1) is 5.82 Å². The molecule has 0 aliphatic rings. The Morgan fingerprint density at radius 3 is 2.24 bits per heavy atom. The van der Waals surface area contributed by atoms with E-state index in [1.54, 1.807) is 0 Å². The number of halogens is 3. The molecule has 0 amide bonds. The highest BCUT2D eigenvalue weighted by atomic mass is 35.5. The van der Waals surface area contributed by atoms with Crippen LogP contribution in [0.2, 0.25) is 10.0 Å². The van der Waals surface area contributed by atoms with Crippen LogP contribution in [0.15, 0.2) is 12.1 Å². The Hall–Kier alpha value is -1.05. The van der Waals surface area contributed by atoms with Gasteiger partial charge in [0, 0.05) is 0 Å². The molecule has 0 saturated heterocycles. The van der Waals surface area contributed by atoms with Crippen molar-refractivity contribution in [3.05, 3.63) is 28.0 Å². The van der Waals surface area contributed by atoms with Crippen molar-refractivity contribution in [2.45, 2.75) is 0 Å². The molecule has 0 fully saturated rings. The third kappa shape index (κ3) is 4.03. The summed E-state index contributed by atoms with van der Waals surface area (Å²) in [5.41, 5.74) is -0.254. The van der Waals surface area contributed by atoms with E-state index in [2.05, 4.69) is 0 Å². The third-order valence-electron chi connectivity index (χ3n) is 1.58. The summed E-state index contributed by atoms with van der Waals surface area (Å²) in [6.45, 7) is 0. The summed E-state index contributed by atoms with van der Waals surface area (Å²) in [5.74, 6) is -3.41. The highest BCUT2D eigenvalue weighted by molar-refractivity contribution is 7.93. The average molecular weight is 302 g/mol. The van der Waals surface area contributed by atoms with Crippen molar-refractivity contribution < 1.29 is 22.7 Å². The predicted octanol–water partition coefficient (Wildman–Crippen LogP) is 1.96. The van der Waals surface area contributed by atoms with E-state index in [0.717, 1.165) is 12.1 Å². The predicted molar refractivity (Wildman–Crippen MR) is 61.5 cm³/mol. The molecule has 0 aliphatic heterocycles. The summed E-state index contributed by atoms with van der Waals surface area (Å²) in [4.78, 5) is 10.3. The maximum Gasteiger partial charge on any atom is 0.320 e. The molecular formula is C8H6Cl2FNO4S. The van der Waals surface area contributed by atoms with Gasteiger partial charge in [0.25, 0.3) is 0 Å². The topological polar surface area (TPSA) is 83.5 Å². The molecule has 0 aromatic heterocycles. The minimum atomic E-state index is -4.13. The molecule has 1 rings (SSSR count). The number of rotatable bonds is 4. The molecule has 0 unspecified atom stereocenters. The molecular weight excluding hydrogens is 296 g/mol. The summed E-state index contributed by atoms with van der Waals surface area (Å²) in [7, 11) is -4.13. The Morgan fingerprint density at radius 2 is 1.82 bits per heavy atom. The minimum absolute atomic E-state index is 0.254. The Morgan fingerprint density at radius 1 is 1.35 bits per heavy atom. The second kappa shape index (κ2) is 5.07. The number of carboxylic acid groups (broad SMARTS) is 1. The van der Waals surface area contributed by atoms with Crippen molar-refractivity contribution in [1.82, 2.24) is 0 Å². The largest absolute Gasteiger partial charge is 0.480 e. The zero-order valence-electron chi connectivity index (χ0n) is 8.08. The van der Waals surface area contributed by atoms with E-state index in [9.17, 15) is 17.6 Å². The Bertz CT molecular complexity index is 538. The third-order valence-corrected chi connectivity index (χ3v) is 3.32. The van der Waals surface area contributed by atoms with E-state index in [1.165, 1.54) is 0 Å². The fourth-order valence-corrected chi connectivity index (χ4v) is 2.59. The first-order valence-corrected chi connectivity index (χ1v) is 6.49. The molecule has 1 aromatic carbocycles. The summed E-state index contributed by atoms with van der Waals surface area (Å²) < 4.78 is 37.3. The lowest BCUT2D eigenvalue weighted by Crippen LogP contribution is -2.22. The zero-order chi connectivity index (χ0) is 13.2. The van der Waals surface area contributed by atoms with Gasteiger partial charge in [-0.1, -0.05) is 23.2 Å². The number of benzene rings is 1. The molecule has 0 spiro atoms. The summed E-state index contributed by atoms with van der Waals surface area (Å²) in [6, 6.07) is 1.71. The van der Waals surface area contributed by atoms with Crippen LogP contribution in [-0.2, 0) is 14.8 Å². The van der Waals surface area contributed by atoms with Crippen LogP contribution in [0.4, 0.5) is 10.1 Å². The summed E-state index contributed by atoms with van der Waals surface area (Å²) >= 11 is 11.2. The standard InChI is InChI=1S/C8H6Cl2FNO4S/c9-5-1-4(11)2-6(10)8(5)12-17(15,16)3-7(13)14/h1-2,12H,3H2,(H,13,14). The molecule has 5 nitrogen and oxygen atoms in total. The number of hydrogen-bond acceptors (Lipinski definition) is 3. The van der Waals surface area contributed by atoms with E-state index in [1.807, 2.05) is 4.72 Å². The number of nitrogens with one attached hydrogen (secondary N) is 1. The second-order valence-electron chi connectivity index (χ2n) is 3.00. The van der Waals surface area contributed by atoms with Crippen molar-refractivity contribution in [1.29, 1.82) is 0 Å². The van der Waals surface area contributed by atoms with Crippen molar-refractivity contribution in [3.8, 4) is 0 Å². The van der Waals surface area contributed by atoms with E-state index < -0.39 is 27.6 Å². The number of sulfonamides is 1. The Labute approximate surface area is 106 Å². The van der Waals surface area contributed by atoms with Crippen molar-refractivity contribution in [2.24, 2.45) is 0 Å². The fraction of sp³-hybridized carbons (Fsp3) is 0.125. The first-order valence-electron chi connectivity index (χ1n) is 4.08. The van der Waals surface area contributed by atoms with Crippen LogP contribution in [0.3, 0.4) is 0 Å². The molecule has 0 radical (unpaired) electrons. The number of carbonyl (C=O) groups is 1. The molecule has 0 heterocycles. The molecule has 17 heavy (non-hydrogen) atoms. The SMILES string of the molecule is O=C(O)CS(=O)(=O)Nc1c(Cl)cc(F)cc1Cl. The second-order valence-corrected chi connectivity index (χ2v) is 5.54. The van der Waals surface area contributed by atoms with Gasteiger partial charge in [0.1, 0.15) is 5.82 Å². The zero-order valence-corrected chi connectivity index (χ0v) is 10.4. The molecule has 0 bridgehead atoms. The number of aliphatic carboxylic acids is 1. The maximum atomic E-state index is 12.8. The van der Waals surface area contributed by atoms with Gasteiger partial charge in [0.05, 0.1) is 15.7 Å². The van der Waals surface area contributed by atoms with E-state index in [0.29, 0.717) is 0 Å². The fourth-order valence-electron chi connectivity index (χ4n) is 0.994. The lowest BCUT2D eigenvalue weighted by atomic mass is 10.3. The van der Waals surface area contributed by atoms with Gasteiger partial charge in [-0.05, 0) is 12.1 Å². The number of carboxylic acids is 1. The van der Waals surface area contributed by atoms with Crippen LogP contribution >= 0.6 is 23.2 Å². The van der Waals surface area contributed by atoms with Crippen LogP contribution in [-0.4, -0.2) is 25.2 Å². The minimum Gasteiger partial charge on any atom is -0.480 e. The van der Waals surface area contributed by atoms with Crippen LogP contribution in [0.1, 0.15) is 0 Å².